The molecule has 0 aromatic rings. The zero-order chi connectivity index (χ0) is 52.2. The molecule has 0 radical (unpaired) electrons. The van der Waals surface area contributed by atoms with E-state index in [4.69, 9.17) is 14.2 Å². The monoisotopic (exact) mass is 1010 g/mol. The van der Waals surface area contributed by atoms with Crippen LogP contribution in [0.4, 0.5) is 0 Å². The lowest BCUT2D eigenvalue weighted by Crippen LogP contribution is -2.30. The molecule has 424 valence electrons. The van der Waals surface area contributed by atoms with Gasteiger partial charge in [-0.3, -0.25) is 14.4 Å². The number of hydrogen-bond donors (Lipinski definition) is 0. The number of esters is 3. The van der Waals surface area contributed by atoms with Crippen molar-refractivity contribution in [1.82, 2.24) is 0 Å². The second kappa shape index (κ2) is 61.4. The summed E-state index contributed by atoms with van der Waals surface area (Å²) < 4.78 is 16.9. The molecule has 0 saturated heterocycles. The van der Waals surface area contributed by atoms with E-state index in [0.717, 1.165) is 64.2 Å². The van der Waals surface area contributed by atoms with Gasteiger partial charge < -0.3 is 14.2 Å². The Morgan fingerprint density at radius 1 is 0.278 bits per heavy atom. The Hall–Kier alpha value is -2.11. The molecule has 0 amide bonds. The van der Waals surface area contributed by atoms with Crippen LogP contribution in [0.25, 0.3) is 0 Å². The first kappa shape index (κ1) is 69.9. The molecular formula is C66H124O6. The minimum atomic E-state index is -0.768. The maximum absolute atomic E-state index is 12.9. The Kier molecular flexibility index (Phi) is 59.6. The normalized spacial score (nSPS) is 12.1. The van der Waals surface area contributed by atoms with E-state index in [-0.39, 0.29) is 31.1 Å². The molecule has 0 aromatic heterocycles. The maximum atomic E-state index is 12.9. The number of rotatable bonds is 60. The zero-order valence-corrected chi connectivity index (χ0v) is 48.7. The molecule has 1 unspecified atom stereocenters. The summed E-state index contributed by atoms with van der Waals surface area (Å²) in [4.78, 5) is 38.3. The lowest BCUT2D eigenvalue weighted by molar-refractivity contribution is -0.167. The largest absolute Gasteiger partial charge is 0.462 e. The van der Waals surface area contributed by atoms with E-state index in [9.17, 15) is 14.4 Å². The van der Waals surface area contributed by atoms with Crippen LogP contribution in [0.1, 0.15) is 361 Å². The maximum Gasteiger partial charge on any atom is 0.306 e. The topological polar surface area (TPSA) is 78.9 Å². The molecule has 6 heteroatoms. The third-order valence-corrected chi connectivity index (χ3v) is 14.7. The van der Waals surface area contributed by atoms with Crippen LogP contribution in [0.15, 0.2) is 24.3 Å². The van der Waals surface area contributed by atoms with Gasteiger partial charge in [0.2, 0.25) is 0 Å². The molecule has 0 N–H and O–H groups in total. The Morgan fingerprint density at radius 3 is 0.764 bits per heavy atom. The van der Waals surface area contributed by atoms with Gasteiger partial charge in [0.1, 0.15) is 13.2 Å². The van der Waals surface area contributed by atoms with E-state index in [0.29, 0.717) is 19.3 Å². The van der Waals surface area contributed by atoms with Crippen molar-refractivity contribution in [3.8, 4) is 0 Å². The van der Waals surface area contributed by atoms with E-state index in [1.807, 2.05) is 0 Å². The standard InChI is InChI=1S/C66H124O6/c1-4-7-10-13-16-19-22-25-27-29-31-33-35-37-39-41-44-47-50-53-56-59-65(68)71-62-63(61-70-64(67)58-55-52-49-46-43-24-21-18-15-12-9-6-3)72-66(69)60-57-54-51-48-45-42-40-38-36-34-32-30-28-26-23-20-17-14-11-8-5-2/h22,25,29,31,63H,4-21,23-24,26-28,30,32-62H2,1-3H3/b25-22-,31-29-. The molecule has 0 aliphatic heterocycles. The number of hydrogen-bond acceptors (Lipinski definition) is 6. The SMILES string of the molecule is CCCCCCC/C=C\C/C=C\CCCCCCCCCCCC(=O)OCC(COC(=O)CCCCCCCCCCCCCC)OC(=O)CCCCCCCCCCCCCCCCCCCCCCC. The highest BCUT2D eigenvalue weighted by atomic mass is 16.6. The predicted molar refractivity (Wildman–Crippen MR) is 312 cm³/mol. The fourth-order valence-corrected chi connectivity index (χ4v) is 9.83. The Labute approximate surface area is 449 Å². The van der Waals surface area contributed by atoms with Crippen LogP contribution in [0.3, 0.4) is 0 Å². The highest BCUT2D eigenvalue weighted by Gasteiger charge is 2.19. The second-order valence-corrected chi connectivity index (χ2v) is 22.0. The summed E-state index contributed by atoms with van der Waals surface area (Å²) >= 11 is 0. The molecule has 0 aliphatic rings. The number of allylic oxidation sites excluding steroid dienone is 4. The lowest BCUT2D eigenvalue weighted by Gasteiger charge is -2.18. The van der Waals surface area contributed by atoms with Gasteiger partial charge in [-0.25, -0.2) is 0 Å². The van der Waals surface area contributed by atoms with Crippen molar-refractivity contribution >= 4 is 17.9 Å². The Bertz CT molecular complexity index is 1160. The highest BCUT2D eigenvalue weighted by Crippen LogP contribution is 2.18. The van der Waals surface area contributed by atoms with Gasteiger partial charge in [-0.2, -0.15) is 0 Å². The summed E-state index contributed by atoms with van der Waals surface area (Å²) in [5.74, 6) is -0.843. The predicted octanol–water partition coefficient (Wildman–Crippen LogP) is 21.8. The zero-order valence-electron chi connectivity index (χ0n) is 48.7. The molecular weight excluding hydrogens is 889 g/mol. The molecule has 72 heavy (non-hydrogen) atoms. The molecule has 1 atom stereocenters. The van der Waals surface area contributed by atoms with Crippen molar-refractivity contribution in [2.45, 2.75) is 367 Å². The minimum Gasteiger partial charge on any atom is -0.462 e. The number of carbonyl (C=O) groups is 3. The first-order valence-corrected chi connectivity index (χ1v) is 32.3. The number of unbranched alkanes of at least 4 members (excludes halogenated alkanes) is 45. The van der Waals surface area contributed by atoms with E-state index < -0.39 is 6.10 Å². The van der Waals surface area contributed by atoms with Crippen molar-refractivity contribution in [3.63, 3.8) is 0 Å². The third kappa shape index (κ3) is 58.8. The van der Waals surface area contributed by atoms with Crippen LogP contribution in [-0.2, 0) is 28.6 Å². The van der Waals surface area contributed by atoms with E-state index in [2.05, 4.69) is 45.1 Å². The van der Waals surface area contributed by atoms with Crippen LogP contribution in [0, 0.1) is 0 Å². The number of carbonyl (C=O) groups excluding carboxylic acids is 3. The summed E-state index contributed by atoms with van der Waals surface area (Å²) in [6.07, 6.45) is 73.3. The quantitative estimate of drug-likeness (QED) is 0.0261. The summed E-state index contributed by atoms with van der Waals surface area (Å²) in [6, 6.07) is 0. The summed E-state index contributed by atoms with van der Waals surface area (Å²) in [6.45, 7) is 6.69. The Balaban J connectivity index is 4.26. The van der Waals surface area contributed by atoms with Gasteiger partial charge in [0.15, 0.2) is 6.10 Å². The van der Waals surface area contributed by atoms with E-state index >= 15 is 0 Å². The fraction of sp³-hybridized carbons (Fsp3) is 0.894. The molecule has 0 heterocycles. The fourth-order valence-electron chi connectivity index (χ4n) is 9.83. The molecule has 0 rings (SSSR count). The van der Waals surface area contributed by atoms with Gasteiger partial charge in [0.25, 0.3) is 0 Å². The van der Waals surface area contributed by atoms with E-state index in [1.165, 1.54) is 257 Å². The van der Waals surface area contributed by atoms with Gasteiger partial charge in [-0.15, -0.1) is 0 Å². The van der Waals surface area contributed by atoms with Crippen LogP contribution < -0.4 is 0 Å². The molecule has 0 saturated carbocycles. The summed E-state index contributed by atoms with van der Waals surface area (Å²) in [5, 5.41) is 0. The Morgan fingerprint density at radius 2 is 0.500 bits per heavy atom. The molecule has 0 spiro atoms. The van der Waals surface area contributed by atoms with Crippen LogP contribution in [0.5, 0.6) is 0 Å². The van der Waals surface area contributed by atoms with Crippen molar-refractivity contribution in [2.24, 2.45) is 0 Å². The molecule has 0 aliphatic carbocycles. The smallest absolute Gasteiger partial charge is 0.306 e. The van der Waals surface area contributed by atoms with Crippen LogP contribution >= 0.6 is 0 Å². The van der Waals surface area contributed by atoms with Gasteiger partial charge >= 0.3 is 17.9 Å². The summed E-state index contributed by atoms with van der Waals surface area (Å²) in [7, 11) is 0. The van der Waals surface area contributed by atoms with Crippen molar-refractivity contribution in [2.75, 3.05) is 13.2 Å². The van der Waals surface area contributed by atoms with Crippen molar-refractivity contribution in [3.05, 3.63) is 24.3 Å². The molecule has 0 aromatic carbocycles. The number of ether oxygens (including phenoxy) is 3. The minimum absolute atomic E-state index is 0.0664. The average Bonchev–Trinajstić information content (AvgIpc) is 3.38. The van der Waals surface area contributed by atoms with Gasteiger partial charge in [-0.1, -0.05) is 315 Å². The van der Waals surface area contributed by atoms with Crippen molar-refractivity contribution in [1.29, 1.82) is 0 Å². The second-order valence-electron chi connectivity index (χ2n) is 22.0. The summed E-state index contributed by atoms with van der Waals surface area (Å²) in [5.41, 5.74) is 0. The van der Waals surface area contributed by atoms with Gasteiger partial charge in [0.05, 0.1) is 0 Å². The van der Waals surface area contributed by atoms with Gasteiger partial charge in [-0.05, 0) is 51.4 Å². The average molecular weight is 1010 g/mol. The first-order valence-electron chi connectivity index (χ1n) is 32.3. The lowest BCUT2D eigenvalue weighted by atomic mass is 10.0. The van der Waals surface area contributed by atoms with E-state index in [1.54, 1.807) is 0 Å². The third-order valence-electron chi connectivity index (χ3n) is 14.7. The van der Waals surface area contributed by atoms with Crippen LogP contribution in [0.2, 0.25) is 0 Å². The van der Waals surface area contributed by atoms with Crippen molar-refractivity contribution < 1.29 is 28.6 Å². The molecule has 6 nitrogen and oxygen atoms in total. The first-order chi connectivity index (χ1) is 35.5. The molecule has 0 fully saturated rings. The van der Waals surface area contributed by atoms with Gasteiger partial charge in [0, 0.05) is 19.3 Å². The molecule has 0 bridgehead atoms. The highest BCUT2D eigenvalue weighted by molar-refractivity contribution is 5.71. The van der Waals surface area contributed by atoms with Crippen LogP contribution in [-0.4, -0.2) is 37.2 Å².